The van der Waals surface area contributed by atoms with Crippen molar-refractivity contribution in [2.45, 2.75) is 18.9 Å². The van der Waals surface area contributed by atoms with Crippen LogP contribution in [0, 0.1) is 0 Å². The second-order valence-electron chi connectivity index (χ2n) is 7.10. The van der Waals surface area contributed by atoms with E-state index in [1.54, 1.807) is 20.5 Å². The molecule has 2 heterocycles. The summed E-state index contributed by atoms with van der Waals surface area (Å²) in [6, 6.07) is 13.7. The van der Waals surface area contributed by atoms with Crippen molar-refractivity contribution in [2.75, 3.05) is 14.2 Å². The number of carbonyl (C=O) groups is 1. The lowest BCUT2D eigenvalue weighted by molar-refractivity contribution is 0.0955. The maximum Gasteiger partial charge on any atom is 0.263 e. The molecule has 1 aliphatic rings. The Morgan fingerprint density at radius 3 is 2.60 bits per heavy atom. The standard InChI is InChI=1S/C22H20N4O3S.H2/c1-28-17-10-15-16(11-18(17)29-2)26(12-23-15)22-25-19(13-6-4-3-5-7-13)20(30-22)21(27)24-14-8-9-14;/h3-7,10-12,14H,8-9H2,1-2H3,(H,24,27);1H. The van der Waals surface area contributed by atoms with E-state index in [1.165, 1.54) is 11.3 Å². The molecule has 1 amide bonds. The van der Waals surface area contributed by atoms with Gasteiger partial charge in [0.1, 0.15) is 11.2 Å². The van der Waals surface area contributed by atoms with E-state index in [4.69, 9.17) is 14.5 Å². The van der Waals surface area contributed by atoms with E-state index in [-0.39, 0.29) is 13.4 Å². The number of nitrogens with zero attached hydrogens (tertiary/aromatic N) is 3. The van der Waals surface area contributed by atoms with Crippen LogP contribution in [-0.4, -0.2) is 40.7 Å². The number of amides is 1. The van der Waals surface area contributed by atoms with Crippen LogP contribution in [0.4, 0.5) is 0 Å². The van der Waals surface area contributed by atoms with Crippen molar-refractivity contribution < 1.29 is 15.7 Å². The van der Waals surface area contributed by atoms with Crippen molar-refractivity contribution in [3.8, 4) is 27.9 Å². The maximum absolute atomic E-state index is 12.9. The third-order valence-electron chi connectivity index (χ3n) is 5.04. The van der Waals surface area contributed by atoms with E-state index in [9.17, 15) is 4.79 Å². The van der Waals surface area contributed by atoms with Gasteiger partial charge in [-0.05, 0) is 12.8 Å². The number of imidazole rings is 1. The zero-order valence-corrected chi connectivity index (χ0v) is 17.4. The van der Waals surface area contributed by atoms with Crippen LogP contribution in [0.2, 0.25) is 0 Å². The van der Waals surface area contributed by atoms with Gasteiger partial charge in [0.15, 0.2) is 16.6 Å². The Kier molecular flexibility index (Phi) is 4.63. The second kappa shape index (κ2) is 7.46. The van der Waals surface area contributed by atoms with Crippen molar-refractivity contribution in [1.29, 1.82) is 0 Å². The first-order valence-corrected chi connectivity index (χ1v) is 10.5. The molecule has 0 atom stereocenters. The molecule has 0 radical (unpaired) electrons. The number of fused-ring (bicyclic) bond motifs is 1. The highest BCUT2D eigenvalue weighted by atomic mass is 32.1. The largest absolute Gasteiger partial charge is 0.493 e. The van der Waals surface area contributed by atoms with E-state index >= 15 is 0 Å². The van der Waals surface area contributed by atoms with Gasteiger partial charge in [0.05, 0.1) is 30.9 Å². The van der Waals surface area contributed by atoms with E-state index < -0.39 is 0 Å². The van der Waals surface area contributed by atoms with Gasteiger partial charge >= 0.3 is 0 Å². The Bertz CT molecular complexity index is 1230. The fourth-order valence-electron chi connectivity index (χ4n) is 3.32. The monoisotopic (exact) mass is 422 g/mol. The molecule has 154 valence electrons. The van der Waals surface area contributed by atoms with Crippen molar-refractivity contribution in [1.82, 2.24) is 19.9 Å². The Morgan fingerprint density at radius 1 is 1.17 bits per heavy atom. The third-order valence-corrected chi connectivity index (χ3v) is 6.09. The third kappa shape index (κ3) is 3.29. The Labute approximate surface area is 178 Å². The molecule has 30 heavy (non-hydrogen) atoms. The lowest BCUT2D eigenvalue weighted by Crippen LogP contribution is -2.24. The second-order valence-corrected chi connectivity index (χ2v) is 8.08. The summed E-state index contributed by atoms with van der Waals surface area (Å²) >= 11 is 1.36. The van der Waals surface area contributed by atoms with Crippen LogP contribution >= 0.6 is 11.3 Å². The molecule has 8 heteroatoms. The number of methoxy groups -OCH3 is 2. The molecule has 1 N–H and O–H groups in total. The number of benzene rings is 2. The molecule has 2 aromatic carbocycles. The molecule has 0 unspecified atom stereocenters. The average Bonchev–Trinajstić information content (AvgIpc) is 3.33. The smallest absolute Gasteiger partial charge is 0.263 e. The summed E-state index contributed by atoms with van der Waals surface area (Å²) in [5.74, 6) is 1.14. The minimum atomic E-state index is -0.0798. The lowest BCUT2D eigenvalue weighted by atomic mass is 10.1. The molecule has 4 aromatic rings. The number of ether oxygens (including phenoxy) is 2. The molecule has 2 aromatic heterocycles. The molecule has 1 saturated carbocycles. The highest BCUT2D eigenvalue weighted by molar-refractivity contribution is 7.16. The van der Waals surface area contributed by atoms with Gasteiger partial charge in [0.25, 0.3) is 5.91 Å². The zero-order valence-electron chi connectivity index (χ0n) is 16.6. The molecule has 0 bridgehead atoms. The Balaban J connectivity index is 0.00000231. The van der Waals surface area contributed by atoms with E-state index in [0.29, 0.717) is 27.2 Å². The number of nitrogens with one attached hydrogen (secondary N) is 1. The van der Waals surface area contributed by atoms with Gasteiger partial charge in [0, 0.05) is 25.2 Å². The van der Waals surface area contributed by atoms with Crippen molar-refractivity contribution in [2.24, 2.45) is 0 Å². The van der Waals surface area contributed by atoms with Gasteiger partial charge < -0.3 is 14.8 Å². The Morgan fingerprint density at radius 2 is 1.90 bits per heavy atom. The quantitative estimate of drug-likeness (QED) is 0.501. The van der Waals surface area contributed by atoms with Crippen LogP contribution in [0.3, 0.4) is 0 Å². The summed E-state index contributed by atoms with van der Waals surface area (Å²) in [7, 11) is 3.19. The van der Waals surface area contributed by atoms with Gasteiger partial charge in [0.2, 0.25) is 0 Å². The fourth-order valence-corrected chi connectivity index (χ4v) is 4.30. The summed E-state index contributed by atoms with van der Waals surface area (Å²) in [6.07, 6.45) is 3.78. The van der Waals surface area contributed by atoms with E-state index in [2.05, 4.69) is 10.3 Å². The van der Waals surface area contributed by atoms with E-state index in [0.717, 1.165) is 29.4 Å². The number of hydrogen-bond donors (Lipinski definition) is 1. The fraction of sp³-hybridized carbons (Fsp3) is 0.227. The molecule has 0 spiro atoms. The van der Waals surface area contributed by atoms with Gasteiger partial charge in [-0.15, -0.1) is 0 Å². The minimum Gasteiger partial charge on any atom is -0.493 e. The minimum absolute atomic E-state index is 0. The summed E-state index contributed by atoms with van der Waals surface area (Å²) in [5.41, 5.74) is 3.17. The van der Waals surface area contributed by atoms with Crippen molar-refractivity contribution >= 4 is 28.3 Å². The lowest BCUT2D eigenvalue weighted by Gasteiger charge is -2.07. The van der Waals surface area contributed by atoms with Crippen LogP contribution < -0.4 is 14.8 Å². The van der Waals surface area contributed by atoms with Crippen molar-refractivity contribution in [3.63, 3.8) is 0 Å². The van der Waals surface area contributed by atoms with Gasteiger partial charge in [-0.1, -0.05) is 41.7 Å². The van der Waals surface area contributed by atoms with Crippen LogP contribution in [0.1, 0.15) is 23.9 Å². The molecule has 1 aliphatic carbocycles. The van der Waals surface area contributed by atoms with E-state index in [1.807, 2.05) is 47.0 Å². The highest BCUT2D eigenvalue weighted by Crippen LogP contribution is 2.36. The maximum atomic E-state index is 12.9. The number of rotatable bonds is 6. The summed E-state index contributed by atoms with van der Waals surface area (Å²) in [4.78, 5) is 22.8. The Hall–Kier alpha value is -3.39. The molecule has 7 nitrogen and oxygen atoms in total. The molecular formula is C22H22N4O3S. The summed E-state index contributed by atoms with van der Waals surface area (Å²) in [6.45, 7) is 0. The number of thiazole rings is 1. The highest BCUT2D eigenvalue weighted by Gasteiger charge is 2.28. The number of aromatic nitrogens is 3. The van der Waals surface area contributed by atoms with Crippen molar-refractivity contribution in [3.05, 3.63) is 53.7 Å². The topological polar surface area (TPSA) is 78.3 Å². The molecule has 5 rings (SSSR count). The summed E-state index contributed by atoms with van der Waals surface area (Å²) < 4.78 is 12.7. The van der Waals surface area contributed by atoms with Gasteiger partial charge in [-0.2, -0.15) is 0 Å². The molecule has 0 aliphatic heterocycles. The predicted octanol–water partition coefficient (Wildman–Crippen LogP) is 4.30. The van der Waals surface area contributed by atoms with Crippen LogP contribution in [-0.2, 0) is 0 Å². The molecule has 0 saturated heterocycles. The van der Waals surface area contributed by atoms with Crippen LogP contribution in [0.15, 0.2) is 48.8 Å². The first-order chi connectivity index (χ1) is 14.7. The number of carbonyl (C=O) groups excluding carboxylic acids is 1. The zero-order chi connectivity index (χ0) is 20.7. The first kappa shape index (κ1) is 18.6. The summed E-state index contributed by atoms with van der Waals surface area (Å²) in [5, 5.41) is 3.75. The normalized spacial score (nSPS) is 13.4. The van der Waals surface area contributed by atoms with Crippen LogP contribution in [0.25, 0.3) is 27.4 Å². The van der Waals surface area contributed by atoms with Gasteiger partial charge in [-0.25, -0.2) is 9.97 Å². The average molecular weight is 423 g/mol. The van der Waals surface area contributed by atoms with Crippen LogP contribution in [0.5, 0.6) is 11.5 Å². The molecule has 1 fully saturated rings. The predicted molar refractivity (Wildman–Crippen MR) is 118 cm³/mol. The first-order valence-electron chi connectivity index (χ1n) is 9.64. The number of hydrogen-bond acceptors (Lipinski definition) is 6. The molecular weight excluding hydrogens is 400 g/mol. The SMILES string of the molecule is COc1cc2ncn(-c3nc(-c4ccccc4)c(C(=O)NC4CC4)s3)c2cc1OC.[HH]. The van der Waals surface area contributed by atoms with Gasteiger partial charge in [-0.3, -0.25) is 9.36 Å².